The lowest BCUT2D eigenvalue weighted by Crippen LogP contribution is -2.32. The summed E-state index contributed by atoms with van der Waals surface area (Å²) in [6, 6.07) is 8.81. The maximum atomic E-state index is 5.21. The van der Waals surface area contributed by atoms with E-state index in [2.05, 4.69) is 38.2 Å². The topological polar surface area (TPSA) is 21.3 Å². The van der Waals surface area contributed by atoms with E-state index in [1.54, 1.807) is 7.11 Å². The molecule has 2 nitrogen and oxygen atoms in total. The Kier molecular flexibility index (Phi) is 5.33. The third-order valence-electron chi connectivity index (χ3n) is 2.95. The summed E-state index contributed by atoms with van der Waals surface area (Å²) in [5.41, 5.74) is 1.28. The van der Waals surface area contributed by atoms with Crippen molar-refractivity contribution in [3.05, 3.63) is 29.8 Å². The van der Waals surface area contributed by atoms with Gasteiger partial charge in [-0.15, -0.1) is 0 Å². The van der Waals surface area contributed by atoms with Crippen LogP contribution in [0.1, 0.15) is 32.8 Å². The average molecular weight is 221 g/mol. The van der Waals surface area contributed by atoms with E-state index < -0.39 is 0 Å². The number of benzene rings is 1. The zero-order valence-electron chi connectivity index (χ0n) is 10.8. The van der Waals surface area contributed by atoms with Gasteiger partial charge in [-0.25, -0.2) is 0 Å². The molecule has 2 heteroatoms. The molecule has 0 aromatic heterocycles. The van der Waals surface area contributed by atoms with Crippen LogP contribution in [0.15, 0.2) is 24.3 Å². The lowest BCUT2D eigenvalue weighted by Gasteiger charge is -2.20. The molecule has 0 saturated heterocycles. The van der Waals surface area contributed by atoms with E-state index in [1.165, 1.54) is 12.0 Å². The predicted molar refractivity (Wildman–Crippen MR) is 68.8 cm³/mol. The van der Waals surface area contributed by atoms with E-state index >= 15 is 0 Å². The van der Waals surface area contributed by atoms with E-state index in [0.29, 0.717) is 12.0 Å². The van der Waals surface area contributed by atoms with E-state index in [4.69, 9.17) is 4.74 Å². The molecule has 0 heterocycles. The minimum absolute atomic E-state index is 0.589. The first-order valence-electron chi connectivity index (χ1n) is 6.03. The van der Waals surface area contributed by atoms with Crippen LogP contribution in [0.2, 0.25) is 0 Å². The molecule has 90 valence electrons. The van der Waals surface area contributed by atoms with Crippen molar-refractivity contribution in [1.82, 2.24) is 5.32 Å². The normalized spacial score (nSPS) is 12.8. The fourth-order valence-corrected chi connectivity index (χ4v) is 1.88. The molecule has 0 fully saturated rings. The summed E-state index contributed by atoms with van der Waals surface area (Å²) >= 11 is 0. The molecule has 0 bridgehead atoms. The Morgan fingerprint density at radius 2 is 2.06 bits per heavy atom. The van der Waals surface area contributed by atoms with Crippen molar-refractivity contribution in [2.45, 2.75) is 39.8 Å². The van der Waals surface area contributed by atoms with Crippen molar-refractivity contribution in [3.8, 4) is 5.75 Å². The third-order valence-corrected chi connectivity index (χ3v) is 2.95. The molecule has 1 rings (SSSR count). The van der Waals surface area contributed by atoms with Gasteiger partial charge in [-0.05, 0) is 30.0 Å². The molecule has 0 amide bonds. The second-order valence-electron chi connectivity index (χ2n) is 4.49. The first kappa shape index (κ1) is 13.0. The smallest absolute Gasteiger partial charge is 0.119 e. The lowest BCUT2D eigenvalue weighted by molar-refractivity contribution is 0.386. The molecule has 1 aromatic carbocycles. The number of hydrogen-bond acceptors (Lipinski definition) is 2. The Morgan fingerprint density at radius 1 is 1.31 bits per heavy atom. The van der Waals surface area contributed by atoms with Crippen molar-refractivity contribution in [2.24, 2.45) is 5.92 Å². The quantitative estimate of drug-likeness (QED) is 0.796. The van der Waals surface area contributed by atoms with Crippen LogP contribution in [-0.4, -0.2) is 13.2 Å². The second-order valence-corrected chi connectivity index (χ2v) is 4.49. The molecule has 1 unspecified atom stereocenters. The Hall–Kier alpha value is -1.02. The fourth-order valence-electron chi connectivity index (χ4n) is 1.88. The molecular formula is C14H23NO. The molecule has 0 radical (unpaired) electrons. The number of hydrogen-bond donors (Lipinski definition) is 1. The van der Waals surface area contributed by atoms with Crippen LogP contribution in [0.4, 0.5) is 0 Å². The van der Waals surface area contributed by atoms with E-state index in [0.717, 1.165) is 12.3 Å². The monoisotopic (exact) mass is 221 g/mol. The van der Waals surface area contributed by atoms with Crippen LogP contribution in [0.5, 0.6) is 5.75 Å². The molecule has 1 N–H and O–H groups in total. The standard InChI is InChI=1S/C14H23NO/c1-5-14(11(2)3)15-10-12-7-6-8-13(9-12)16-4/h6-9,11,14-15H,5,10H2,1-4H3. The Bertz CT molecular complexity index is 309. The predicted octanol–water partition coefficient (Wildman–Crippen LogP) is 3.22. The van der Waals surface area contributed by atoms with Gasteiger partial charge < -0.3 is 10.1 Å². The van der Waals surface area contributed by atoms with E-state index in [-0.39, 0.29) is 0 Å². The molecule has 0 spiro atoms. The summed E-state index contributed by atoms with van der Waals surface area (Å²) in [4.78, 5) is 0. The van der Waals surface area contributed by atoms with Crippen molar-refractivity contribution in [2.75, 3.05) is 7.11 Å². The van der Waals surface area contributed by atoms with Gasteiger partial charge >= 0.3 is 0 Å². The maximum absolute atomic E-state index is 5.21. The zero-order chi connectivity index (χ0) is 12.0. The van der Waals surface area contributed by atoms with E-state index in [9.17, 15) is 0 Å². The van der Waals surface area contributed by atoms with Crippen LogP contribution in [0.25, 0.3) is 0 Å². The van der Waals surface area contributed by atoms with Crippen molar-refractivity contribution < 1.29 is 4.74 Å². The van der Waals surface area contributed by atoms with Crippen LogP contribution in [0, 0.1) is 5.92 Å². The Labute approximate surface area is 99.0 Å². The average Bonchev–Trinajstić information content (AvgIpc) is 2.29. The number of nitrogens with one attached hydrogen (secondary N) is 1. The summed E-state index contributed by atoms with van der Waals surface area (Å²) in [6.07, 6.45) is 1.17. The molecular weight excluding hydrogens is 198 g/mol. The second kappa shape index (κ2) is 6.54. The molecule has 0 aliphatic heterocycles. The van der Waals surface area contributed by atoms with Gasteiger partial charge in [0.2, 0.25) is 0 Å². The Morgan fingerprint density at radius 3 is 2.62 bits per heavy atom. The van der Waals surface area contributed by atoms with Crippen molar-refractivity contribution >= 4 is 0 Å². The number of methoxy groups -OCH3 is 1. The van der Waals surface area contributed by atoms with Crippen molar-refractivity contribution in [3.63, 3.8) is 0 Å². The van der Waals surface area contributed by atoms with E-state index in [1.807, 2.05) is 12.1 Å². The fraction of sp³-hybridized carbons (Fsp3) is 0.571. The van der Waals surface area contributed by atoms with Gasteiger partial charge in [-0.1, -0.05) is 32.9 Å². The SMILES string of the molecule is CCC(NCc1cccc(OC)c1)C(C)C. The van der Waals surface area contributed by atoms with Gasteiger partial charge in [-0.3, -0.25) is 0 Å². The van der Waals surface area contributed by atoms with Gasteiger partial charge in [0.05, 0.1) is 7.11 Å². The molecule has 1 aromatic rings. The highest BCUT2D eigenvalue weighted by atomic mass is 16.5. The minimum Gasteiger partial charge on any atom is -0.497 e. The first-order valence-corrected chi connectivity index (χ1v) is 6.03. The largest absolute Gasteiger partial charge is 0.497 e. The van der Waals surface area contributed by atoms with Crippen LogP contribution in [0.3, 0.4) is 0 Å². The minimum atomic E-state index is 0.589. The summed E-state index contributed by atoms with van der Waals surface area (Å²) < 4.78 is 5.21. The summed E-state index contributed by atoms with van der Waals surface area (Å²) in [7, 11) is 1.70. The van der Waals surface area contributed by atoms with Gasteiger partial charge in [0.25, 0.3) is 0 Å². The number of ether oxygens (including phenoxy) is 1. The number of rotatable bonds is 6. The molecule has 0 aliphatic rings. The molecule has 16 heavy (non-hydrogen) atoms. The zero-order valence-corrected chi connectivity index (χ0v) is 10.8. The van der Waals surface area contributed by atoms with Crippen LogP contribution in [-0.2, 0) is 6.54 Å². The maximum Gasteiger partial charge on any atom is 0.119 e. The van der Waals surface area contributed by atoms with Gasteiger partial charge in [0, 0.05) is 12.6 Å². The molecule has 0 aliphatic carbocycles. The highest BCUT2D eigenvalue weighted by molar-refractivity contribution is 5.28. The lowest BCUT2D eigenvalue weighted by atomic mass is 10.0. The van der Waals surface area contributed by atoms with Gasteiger partial charge in [-0.2, -0.15) is 0 Å². The first-order chi connectivity index (χ1) is 7.67. The summed E-state index contributed by atoms with van der Waals surface area (Å²) in [5, 5.41) is 3.58. The van der Waals surface area contributed by atoms with Crippen LogP contribution < -0.4 is 10.1 Å². The van der Waals surface area contributed by atoms with Gasteiger partial charge in [0.1, 0.15) is 5.75 Å². The Balaban J connectivity index is 2.53. The van der Waals surface area contributed by atoms with Gasteiger partial charge in [0.15, 0.2) is 0 Å². The molecule has 0 saturated carbocycles. The summed E-state index contributed by atoms with van der Waals surface area (Å²) in [6.45, 7) is 7.65. The highest BCUT2D eigenvalue weighted by Gasteiger charge is 2.09. The molecule has 1 atom stereocenters. The highest BCUT2D eigenvalue weighted by Crippen LogP contribution is 2.13. The summed E-state index contributed by atoms with van der Waals surface area (Å²) in [5.74, 6) is 1.60. The van der Waals surface area contributed by atoms with Crippen molar-refractivity contribution in [1.29, 1.82) is 0 Å². The van der Waals surface area contributed by atoms with Crippen LogP contribution >= 0.6 is 0 Å². The third kappa shape index (κ3) is 3.86.